The summed E-state index contributed by atoms with van der Waals surface area (Å²) in [7, 11) is 1.63. The highest BCUT2D eigenvalue weighted by atomic mass is 16.5. The van der Waals surface area contributed by atoms with E-state index in [-0.39, 0.29) is 5.91 Å². The van der Waals surface area contributed by atoms with Crippen molar-refractivity contribution in [3.05, 3.63) is 65.7 Å². The van der Waals surface area contributed by atoms with E-state index in [4.69, 9.17) is 9.47 Å². The summed E-state index contributed by atoms with van der Waals surface area (Å²) in [6, 6.07) is 15.4. The van der Waals surface area contributed by atoms with Gasteiger partial charge in [0.2, 0.25) is 0 Å². The summed E-state index contributed by atoms with van der Waals surface area (Å²) in [5, 5.41) is 2.92. The fourth-order valence-electron chi connectivity index (χ4n) is 3.21. The van der Waals surface area contributed by atoms with E-state index in [9.17, 15) is 4.79 Å². The fraction of sp³-hybridized carbons (Fsp3) is 0.167. The van der Waals surface area contributed by atoms with Gasteiger partial charge in [0.1, 0.15) is 5.75 Å². The molecule has 1 unspecified atom stereocenters. The topological polar surface area (TPSA) is 47.6 Å². The third kappa shape index (κ3) is 1.64. The van der Waals surface area contributed by atoms with Gasteiger partial charge in [-0.15, -0.1) is 0 Å². The van der Waals surface area contributed by atoms with Crippen molar-refractivity contribution >= 4 is 17.2 Å². The first-order chi connectivity index (χ1) is 10.8. The van der Waals surface area contributed by atoms with Crippen LogP contribution in [0.4, 0.5) is 5.69 Å². The summed E-state index contributed by atoms with van der Waals surface area (Å²) < 4.78 is 11.1. The van der Waals surface area contributed by atoms with E-state index in [1.807, 2.05) is 54.6 Å². The monoisotopic (exact) mass is 293 g/mol. The fourth-order valence-corrected chi connectivity index (χ4v) is 3.21. The number of benzene rings is 2. The second kappa shape index (κ2) is 4.71. The van der Waals surface area contributed by atoms with E-state index in [1.165, 1.54) is 0 Å². The molecule has 2 heterocycles. The summed E-state index contributed by atoms with van der Waals surface area (Å²) >= 11 is 0. The van der Waals surface area contributed by atoms with Crippen LogP contribution in [0, 0.1) is 0 Å². The molecule has 4 rings (SSSR count). The van der Waals surface area contributed by atoms with Gasteiger partial charge in [-0.3, -0.25) is 4.79 Å². The zero-order chi connectivity index (χ0) is 15.2. The first-order valence-corrected chi connectivity index (χ1v) is 7.15. The normalized spacial score (nSPS) is 22.4. The van der Waals surface area contributed by atoms with Gasteiger partial charge >= 0.3 is 0 Å². The van der Waals surface area contributed by atoms with E-state index >= 15 is 0 Å². The van der Waals surface area contributed by atoms with E-state index < -0.39 is 5.60 Å². The third-order valence-electron chi connectivity index (χ3n) is 4.24. The minimum Gasteiger partial charge on any atom is -0.497 e. The highest BCUT2D eigenvalue weighted by molar-refractivity contribution is 6.14. The summed E-state index contributed by atoms with van der Waals surface area (Å²) in [6.07, 6.45) is 1.98. The van der Waals surface area contributed by atoms with Crippen molar-refractivity contribution in [2.75, 3.05) is 19.0 Å². The molecule has 4 heteroatoms. The Hall–Kier alpha value is -2.59. The van der Waals surface area contributed by atoms with Gasteiger partial charge in [-0.25, -0.2) is 0 Å². The molecular weight excluding hydrogens is 278 g/mol. The molecule has 0 fully saturated rings. The largest absolute Gasteiger partial charge is 0.497 e. The number of carbonyl (C=O) groups is 1. The van der Waals surface area contributed by atoms with Crippen LogP contribution < -0.4 is 10.1 Å². The van der Waals surface area contributed by atoms with Gasteiger partial charge in [-0.2, -0.15) is 0 Å². The van der Waals surface area contributed by atoms with Gasteiger partial charge in [0.05, 0.1) is 13.7 Å². The van der Waals surface area contributed by atoms with E-state index in [1.54, 1.807) is 7.11 Å². The Morgan fingerprint density at radius 2 is 1.91 bits per heavy atom. The van der Waals surface area contributed by atoms with Crippen LogP contribution in [-0.2, 0) is 15.1 Å². The summed E-state index contributed by atoms with van der Waals surface area (Å²) in [4.78, 5) is 12.7. The molecule has 22 heavy (non-hydrogen) atoms. The number of fused-ring (bicyclic) bond motifs is 2. The van der Waals surface area contributed by atoms with Gasteiger partial charge in [-0.05, 0) is 23.8 Å². The number of amides is 1. The first-order valence-electron chi connectivity index (χ1n) is 7.15. The molecule has 1 amide bonds. The molecule has 2 aromatic carbocycles. The van der Waals surface area contributed by atoms with Crippen molar-refractivity contribution in [2.24, 2.45) is 0 Å². The van der Waals surface area contributed by atoms with E-state index in [0.29, 0.717) is 6.61 Å². The van der Waals surface area contributed by atoms with Gasteiger partial charge < -0.3 is 14.8 Å². The molecule has 0 aromatic heterocycles. The minimum absolute atomic E-state index is 0.131. The van der Waals surface area contributed by atoms with Crippen LogP contribution in [0.5, 0.6) is 5.75 Å². The van der Waals surface area contributed by atoms with E-state index in [0.717, 1.165) is 28.1 Å². The lowest BCUT2D eigenvalue weighted by molar-refractivity contribution is -0.131. The summed E-state index contributed by atoms with van der Waals surface area (Å²) in [6.45, 7) is 0.420. The highest BCUT2D eigenvalue weighted by Crippen LogP contribution is 2.50. The summed E-state index contributed by atoms with van der Waals surface area (Å²) in [5.41, 5.74) is 2.50. The van der Waals surface area contributed by atoms with Crippen LogP contribution >= 0.6 is 0 Å². The van der Waals surface area contributed by atoms with Crippen molar-refractivity contribution in [3.8, 4) is 5.75 Å². The Bertz CT molecular complexity index is 779. The van der Waals surface area contributed by atoms with Crippen molar-refractivity contribution in [2.45, 2.75) is 5.60 Å². The Kier molecular flexibility index (Phi) is 2.81. The second-order valence-electron chi connectivity index (χ2n) is 5.34. The Labute approximate surface area is 128 Å². The number of ether oxygens (including phenoxy) is 2. The van der Waals surface area contributed by atoms with Gasteiger partial charge in [0.15, 0.2) is 5.60 Å². The zero-order valence-corrected chi connectivity index (χ0v) is 12.1. The van der Waals surface area contributed by atoms with Crippen LogP contribution in [0.15, 0.2) is 54.6 Å². The first kappa shape index (κ1) is 13.1. The maximum absolute atomic E-state index is 12.7. The van der Waals surface area contributed by atoms with Crippen LogP contribution in [0.25, 0.3) is 5.57 Å². The average molecular weight is 293 g/mol. The molecule has 0 bridgehead atoms. The SMILES string of the molecule is COc1ccc(C2=CCOC23C(=O)Nc2ccccc23)cc1. The predicted octanol–water partition coefficient (Wildman–Crippen LogP) is 2.96. The summed E-state index contributed by atoms with van der Waals surface area (Å²) in [5.74, 6) is 0.654. The second-order valence-corrected chi connectivity index (χ2v) is 5.34. The highest BCUT2D eigenvalue weighted by Gasteiger charge is 2.53. The molecule has 2 aliphatic rings. The molecule has 2 aliphatic heterocycles. The number of carbonyl (C=O) groups excluding carboxylic acids is 1. The molecule has 0 radical (unpaired) electrons. The van der Waals surface area contributed by atoms with Gasteiger partial charge in [0, 0.05) is 16.8 Å². The molecule has 4 nitrogen and oxygen atoms in total. The lowest BCUT2D eigenvalue weighted by Gasteiger charge is -2.25. The molecular formula is C18H15NO3. The lowest BCUT2D eigenvalue weighted by atomic mass is 9.84. The Morgan fingerprint density at radius 1 is 1.14 bits per heavy atom. The maximum Gasteiger partial charge on any atom is 0.266 e. The molecule has 110 valence electrons. The van der Waals surface area contributed by atoms with Gasteiger partial charge in [0.25, 0.3) is 5.91 Å². The number of methoxy groups -OCH3 is 1. The third-order valence-corrected chi connectivity index (χ3v) is 4.24. The number of nitrogens with one attached hydrogen (secondary N) is 1. The molecule has 0 saturated carbocycles. The van der Waals surface area contributed by atoms with Gasteiger partial charge in [-0.1, -0.05) is 36.4 Å². The molecule has 1 atom stereocenters. The molecule has 0 aliphatic carbocycles. The molecule has 2 aromatic rings. The molecule has 0 saturated heterocycles. The van der Waals surface area contributed by atoms with Crippen LogP contribution in [0.2, 0.25) is 0 Å². The van der Waals surface area contributed by atoms with Crippen LogP contribution in [0.3, 0.4) is 0 Å². The van der Waals surface area contributed by atoms with Crippen molar-refractivity contribution in [1.29, 1.82) is 0 Å². The maximum atomic E-state index is 12.7. The number of para-hydroxylation sites is 1. The molecule has 1 N–H and O–H groups in total. The van der Waals surface area contributed by atoms with Crippen molar-refractivity contribution in [3.63, 3.8) is 0 Å². The molecule has 1 spiro atoms. The van der Waals surface area contributed by atoms with Crippen LogP contribution in [-0.4, -0.2) is 19.6 Å². The number of hydrogen-bond acceptors (Lipinski definition) is 3. The van der Waals surface area contributed by atoms with Crippen LogP contribution in [0.1, 0.15) is 11.1 Å². The Morgan fingerprint density at radius 3 is 2.68 bits per heavy atom. The number of hydrogen-bond donors (Lipinski definition) is 1. The minimum atomic E-state index is -1.04. The quantitative estimate of drug-likeness (QED) is 0.926. The number of anilines is 1. The predicted molar refractivity (Wildman–Crippen MR) is 83.7 cm³/mol. The lowest BCUT2D eigenvalue weighted by Crippen LogP contribution is -2.35. The van der Waals surface area contributed by atoms with Crippen molar-refractivity contribution < 1.29 is 14.3 Å². The average Bonchev–Trinajstić information content (AvgIpc) is 3.12. The standard InChI is InChI=1S/C18H15NO3/c1-21-13-8-6-12(7-9-13)14-10-11-22-18(14)15-4-2-3-5-16(15)19-17(18)20/h2-10H,11H2,1H3,(H,19,20). The number of rotatable bonds is 2. The van der Waals surface area contributed by atoms with E-state index in [2.05, 4.69) is 5.32 Å². The van der Waals surface area contributed by atoms with Crippen molar-refractivity contribution in [1.82, 2.24) is 0 Å². The zero-order valence-electron chi connectivity index (χ0n) is 12.1. The smallest absolute Gasteiger partial charge is 0.266 e. The Balaban J connectivity index is 1.85.